The Kier molecular flexibility index (Phi) is 6.96. The average molecular weight is 289 g/mol. The molecule has 0 saturated heterocycles. The van der Waals surface area contributed by atoms with Gasteiger partial charge >= 0.3 is 0 Å². The van der Waals surface area contributed by atoms with E-state index in [-0.39, 0.29) is 23.3 Å². The number of carbonyl (C=O) groups is 1. The maximum Gasteiger partial charge on any atom is 0.263 e. The Bertz CT molecular complexity index is 531. The molecule has 0 aliphatic heterocycles. The molecule has 0 heterocycles. The molecule has 1 unspecified atom stereocenters. The number of nitrogens with one attached hydrogen (secondary N) is 2. The van der Waals surface area contributed by atoms with Crippen LogP contribution in [0, 0.1) is 17.1 Å². The van der Waals surface area contributed by atoms with Gasteiger partial charge in [-0.15, -0.1) is 0 Å². The zero-order valence-corrected chi connectivity index (χ0v) is 12.3. The Morgan fingerprint density at radius 2 is 2.10 bits per heavy atom. The van der Waals surface area contributed by atoms with Gasteiger partial charge in [0.05, 0.1) is 0 Å². The molecule has 1 aromatic rings. The van der Waals surface area contributed by atoms with Gasteiger partial charge in [0.15, 0.2) is 0 Å². The molecule has 21 heavy (non-hydrogen) atoms. The molecule has 1 atom stereocenters. The molecule has 1 rings (SSSR count). The summed E-state index contributed by atoms with van der Waals surface area (Å²) >= 11 is 0. The number of halogens is 1. The monoisotopic (exact) mass is 289 g/mol. The highest BCUT2D eigenvalue weighted by atomic mass is 19.1. The molecule has 0 aromatic heterocycles. The molecule has 0 saturated carbocycles. The summed E-state index contributed by atoms with van der Waals surface area (Å²) in [7, 11) is 0. The topological polar surface area (TPSA) is 64.9 Å². The van der Waals surface area contributed by atoms with Crippen LogP contribution in [0.1, 0.15) is 25.8 Å². The van der Waals surface area contributed by atoms with Gasteiger partial charge in [0, 0.05) is 18.8 Å². The van der Waals surface area contributed by atoms with Crippen molar-refractivity contribution in [3.05, 3.63) is 47.4 Å². The second-order valence-electron chi connectivity index (χ2n) is 4.78. The number of rotatable bonds is 7. The summed E-state index contributed by atoms with van der Waals surface area (Å²) in [6, 6.07) is 8.15. The van der Waals surface area contributed by atoms with Crippen molar-refractivity contribution in [3.63, 3.8) is 0 Å². The van der Waals surface area contributed by atoms with Gasteiger partial charge in [0.25, 0.3) is 5.91 Å². The quantitative estimate of drug-likeness (QED) is 0.460. The number of amides is 1. The lowest BCUT2D eigenvalue weighted by Gasteiger charge is -2.10. The fraction of sp³-hybridized carbons (Fsp3) is 0.375. The summed E-state index contributed by atoms with van der Waals surface area (Å²) in [6.45, 7) is 4.41. The van der Waals surface area contributed by atoms with Crippen molar-refractivity contribution >= 4 is 5.91 Å². The third kappa shape index (κ3) is 6.09. The van der Waals surface area contributed by atoms with E-state index in [4.69, 9.17) is 5.26 Å². The van der Waals surface area contributed by atoms with Crippen molar-refractivity contribution in [1.82, 2.24) is 10.6 Å². The standard InChI is InChI=1S/C16H20FN3O/c1-3-12(2)20-16(21)14(10-18)11-19-9-8-13-4-6-15(17)7-5-13/h4-7,11-12,19H,3,8-9H2,1-2H3,(H,20,21)/b14-11-. The van der Waals surface area contributed by atoms with E-state index in [1.165, 1.54) is 18.3 Å². The molecule has 0 bridgehead atoms. The average Bonchev–Trinajstić information content (AvgIpc) is 2.48. The third-order valence-electron chi connectivity index (χ3n) is 3.07. The highest BCUT2D eigenvalue weighted by molar-refractivity contribution is 5.97. The minimum Gasteiger partial charge on any atom is -0.389 e. The first-order valence-corrected chi connectivity index (χ1v) is 6.95. The smallest absolute Gasteiger partial charge is 0.263 e. The van der Waals surface area contributed by atoms with Gasteiger partial charge in [-0.05, 0) is 37.5 Å². The molecule has 0 aliphatic rings. The maximum atomic E-state index is 12.7. The third-order valence-corrected chi connectivity index (χ3v) is 3.07. The van der Waals surface area contributed by atoms with Crippen LogP contribution in [0.5, 0.6) is 0 Å². The Hall–Kier alpha value is -2.35. The number of nitrogens with zero attached hydrogens (tertiary/aromatic N) is 1. The largest absolute Gasteiger partial charge is 0.389 e. The predicted octanol–water partition coefficient (Wildman–Crippen LogP) is 2.28. The van der Waals surface area contributed by atoms with E-state index in [9.17, 15) is 9.18 Å². The number of nitriles is 1. The molecule has 0 aliphatic carbocycles. The normalized spacial score (nSPS) is 12.4. The van der Waals surface area contributed by atoms with E-state index in [0.29, 0.717) is 13.0 Å². The Labute approximate surface area is 124 Å². The van der Waals surface area contributed by atoms with Crippen LogP contribution in [-0.4, -0.2) is 18.5 Å². The van der Waals surface area contributed by atoms with Gasteiger partial charge < -0.3 is 10.6 Å². The van der Waals surface area contributed by atoms with Crippen LogP contribution in [-0.2, 0) is 11.2 Å². The molecule has 0 fully saturated rings. The first-order valence-electron chi connectivity index (χ1n) is 6.95. The van der Waals surface area contributed by atoms with Crippen molar-refractivity contribution < 1.29 is 9.18 Å². The van der Waals surface area contributed by atoms with Crippen molar-refractivity contribution in [2.75, 3.05) is 6.54 Å². The van der Waals surface area contributed by atoms with Gasteiger partial charge in [-0.2, -0.15) is 5.26 Å². The number of carbonyl (C=O) groups excluding carboxylic acids is 1. The van der Waals surface area contributed by atoms with E-state index < -0.39 is 0 Å². The summed E-state index contributed by atoms with van der Waals surface area (Å²) in [5.74, 6) is -0.638. The molecular weight excluding hydrogens is 269 g/mol. The lowest BCUT2D eigenvalue weighted by atomic mass is 10.1. The zero-order valence-electron chi connectivity index (χ0n) is 12.3. The van der Waals surface area contributed by atoms with Gasteiger partial charge in [-0.3, -0.25) is 4.79 Å². The van der Waals surface area contributed by atoms with Crippen LogP contribution < -0.4 is 10.6 Å². The van der Waals surface area contributed by atoms with E-state index in [1.54, 1.807) is 12.1 Å². The molecular formula is C16H20FN3O. The lowest BCUT2D eigenvalue weighted by molar-refractivity contribution is -0.117. The van der Waals surface area contributed by atoms with Gasteiger partial charge in [-0.25, -0.2) is 4.39 Å². The SMILES string of the molecule is CCC(C)NC(=O)/C(C#N)=C\NCCc1ccc(F)cc1. The summed E-state index contributed by atoms with van der Waals surface area (Å²) in [5, 5.41) is 14.6. The molecule has 1 aromatic carbocycles. The molecule has 2 N–H and O–H groups in total. The Morgan fingerprint density at radius 3 is 2.67 bits per heavy atom. The van der Waals surface area contributed by atoms with Crippen molar-refractivity contribution in [3.8, 4) is 6.07 Å². The van der Waals surface area contributed by atoms with Crippen LogP contribution in [0.15, 0.2) is 36.0 Å². The first kappa shape index (κ1) is 16.7. The molecule has 4 nitrogen and oxygen atoms in total. The second-order valence-corrected chi connectivity index (χ2v) is 4.78. The van der Waals surface area contributed by atoms with E-state index in [0.717, 1.165) is 12.0 Å². The summed E-state index contributed by atoms with van der Waals surface area (Å²) < 4.78 is 12.7. The molecule has 0 spiro atoms. The summed E-state index contributed by atoms with van der Waals surface area (Å²) in [5.41, 5.74) is 1.04. The summed E-state index contributed by atoms with van der Waals surface area (Å²) in [4.78, 5) is 11.8. The fourth-order valence-electron chi connectivity index (χ4n) is 1.59. The Morgan fingerprint density at radius 1 is 1.43 bits per heavy atom. The highest BCUT2D eigenvalue weighted by Crippen LogP contribution is 2.03. The maximum absolute atomic E-state index is 12.7. The van der Waals surface area contributed by atoms with Crippen molar-refractivity contribution in [1.29, 1.82) is 5.26 Å². The van der Waals surface area contributed by atoms with Crippen LogP contribution in [0.2, 0.25) is 0 Å². The van der Waals surface area contributed by atoms with Gasteiger partial charge in [0.2, 0.25) is 0 Å². The molecule has 5 heteroatoms. The van der Waals surface area contributed by atoms with E-state index in [1.807, 2.05) is 19.9 Å². The predicted molar refractivity (Wildman–Crippen MR) is 79.7 cm³/mol. The molecule has 112 valence electrons. The van der Waals surface area contributed by atoms with Crippen molar-refractivity contribution in [2.24, 2.45) is 0 Å². The van der Waals surface area contributed by atoms with E-state index >= 15 is 0 Å². The van der Waals surface area contributed by atoms with Crippen LogP contribution >= 0.6 is 0 Å². The lowest BCUT2D eigenvalue weighted by Crippen LogP contribution is -2.33. The minimum atomic E-state index is -0.374. The number of hydrogen-bond donors (Lipinski definition) is 2. The van der Waals surface area contributed by atoms with Gasteiger partial charge in [0.1, 0.15) is 17.5 Å². The number of hydrogen-bond acceptors (Lipinski definition) is 3. The van der Waals surface area contributed by atoms with E-state index in [2.05, 4.69) is 10.6 Å². The van der Waals surface area contributed by atoms with Gasteiger partial charge in [-0.1, -0.05) is 19.1 Å². The molecule has 1 amide bonds. The Balaban J connectivity index is 2.44. The minimum absolute atomic E-state index is 0.0356. The summed E-state index contributed by atoms with van der Waals surface area (Å²) in [6.07, 6.45) is 2.91. The van der Waals surface area contributed by atoms with Crippen LogP contribution in [0.4, 0.5) is 4.39 Å². The molecule has 0 radical (unpaired) electrons. The highest BCUT2D eigenvalue weighted by Gasteiger charge is 2.10. The first-order chi connectivity index (χ1) is 10.1. The second kappa shape index (κ2) is 8.75. The van der Waals surface area contributed by atoms with Crippen LogP contribution in [0.25, 0.3) is 0 Å². The zero-order chi connectivity index (χ0) is 15.7. The fourth-order valence-corrected chi connectivity index (χ4v) is 1.59. The number of benzene rings is 1. The van der Waals surface area contributed by atoms with Crippen LogP contribution in [0.3, 0.4) is 0 Å². The van der Waals surface area contributed by atoms with Crippen molar-refractivity contribution in [2.45, 2.75) is 32.7 Å².